The van der Waals surface area contributed by atoms with Crippen LogP contribution in [0, 0.1) is 18.8 Å². The van der Waals surface area contributed by atoms with E-state index in [0.29, 0.717) is 28.2 Å². The highest BCUT2D eigenvalue weighted by atomic mass is 79.9. The van der Waals surface area contributed by atoms with Crippen molar-refractivity contribution in [3.8, 4) is 0 Å². The molecule has 3 N–H and O–H groups in total. The van der Waals surface area contributed by atoms with E-state index >= 15 is 0 Å². The number of hydrogen-bond donors (Lipinski definition) is 2. The van der Waals surface area contributed by atoms with Crippen LogP contribution in [0.3, 0.4) is 0 Å². The van der Waals surface area contributed by atoms with E-state index in [4.69, 9.17) is 5.73 Å². The monoisotopic (exact) mass is 374 g/mol. The summed E-state index contributed by atoms with van der Waals surface area (Å²) >= 11 is 3.30. The number of nitrogen functional groups attached to an aromatic ring is 1. The Hall–Kier alpha value is -0.590. The predicted octanol–water partition coefficient (Wildman–Crippen LogP) is 3.44. The van der Waals surface area contributed by atoms with Crippen molar-refractivity contribution in [3.63, 3.8) is 0 Å². The molecule has 0 atom stereocenters. The lowest BCUT2D eigenvalue weighted by atomic mass is 9.83. The Balaban J connectivity index is 2.09. The molecule has 0 amide bonds. The molecular weight excluding hydrogens is 352 g/mol. The minimum Gasteiger partial charge on any atom is -0.398 e. The molecule has 1 aliphatic carbocycles. The number of nitrogens with one attached hydrogen (secondary N) is 1. The first kappa shape index (κ1) is 16.8. The van der Waals surface area contributed by atoms with Gasteiger partial charge in [0.25, 0.3) is 0 Å². The van der Waals surface area contributed by atoms with E-state index in [1.54, 1.807) is 19.1 Å². The van der Waals surface area contributed by atoms with Gasteiger partial charge in [-0.3, -0.25) is 0 Å². The third kappa shape index (κ3) is 4.20. The Kier molecular flexibility index (Phi) is 5.33. The number of anilines is 1. The molecule has 4 nitrogen and oxygen atoms in total. The Morgan fingerprint density at radius 1 is 1.29 bits per heavy atom. The second-order valence-corrected chi connectivity index (χ2v) is 8.75. The zero-order chi connectivity index (χ0) is 15.6. The highest BCUT2D eigenvalue weighted by Crippen LogP contribution is 2.29. The fourth-order valence-corrected chi connectivity index (χ4v) is 4.83. The van der Waals surface area contributed by atoms with Gasteiger partial charge in [0.05, 0.1) is 4.90 Å². The first-order valence-corrected chi connectivity index (χ1v) is 9.62. The predicted molar refractivity (Wildman–Crippen MR) is 89.6 cm³/mol. The van der Waals surface area contributed by atoms with Crippen LogP contribution < -0.4 is 10.5 Å². The molecular formula is C15H23BrN2O2S. The average Bonchev–Trinajstić information content (AvgIpc) is 2.42. The summed E-state index contributed by atoms with van der Waals surface area (Å²) in [6, 6.07) is 3.33. The first-order valence-electron chi connectivity index (χ1n) is 7.35. The Bertz CT molecular complexity index is 608. The van der Waals surface area contributed by atoms with E-state index < -0.39 is 10.0 Å². The van der Waals surface area contributed by atoms with E-state index in [-0.39, 0.29) is 4.90 Å². The summed E-state index contributed by atoms with van der Waals surface area (Å²) < 4.78 is 28.4. The molecule has 0 spiro atoms. The Morgan fingerprint density at radius 2 is 1.90 bits per heavy atom. The van der Waals surface area contributed by atoms with Gasteiger partial charge in [-0.05, 0) is 49.3 Å². The summed E-state index contributed by atoms with van der Waals surface area (Å²) in [5.74, 6) is 1.21. The van der Waals surface area contributed by atoms with Crippen molar-refractivity contribution in [2.75, 3.05) is 12.3 Å². The number of benzene rings is 1. The van der Waals surface area contributed by atoms with Gasteiger partial charge in [0.15, 0.2) is 0 Å². The summed E-state index contributed by atoms with van der Waals surface area (Å²) in [5, 5.41) is 0. The summed E-state index contributed by atoms with van der Waals surface area (Å²) in [4.78, 5) is 0.263. The standard InChI is InChI=1S/C15H23BrN2O2S/c1-10-3-5-12(6-4-10)9-18-21(19,20)15-8-13(16)7-14(17)11(15)2/h7-8,10,12,18H,3-6,9,17H2,1-2H3. The topological polar surface area (TPSA) is 72.2 Å². The molecule has 2 rings (SSSR count). The quantitative estimate of drug-likeness (QED) is 0.792. The van der Waals surface area contributed by atoms with Crippen LogP contribution in [0.5, 0.6) is 0 Å². The summed E-state index contributed by atoms with van der Waals surface area (Å²) in [6.07, 6.45) is 4.58. The van der Waals surface area contributed by atoms with Crippen LogP contribution in [0.1, 0.15) is 38.2 Å². The van der Waals surface area contributed by atoms with Gasteiger partial charge in [0, 0.05) is 16.7 Å². The molecule has 1 saturated carbocycles. The smallest absolute Gasteiger partial charge is 0.240 e. The van der Waals surface area contributed by atoms with Crippen molar-refractivity contribution < 1.29 is 8.42 Å². The summed E-state index contributed by atoms with van der Waals surface area (Å²) in [6.45, 7) is 4.51. The van der Waals surface area contributed by atoms with Crippen LogP contribution in [0.25, 0.3) is 0 Å². The molecule has 1 aromatic rings. The minimum atomic E-state index is -3.51. The lowest BCUT2D eigenvalue weighted by molar-refractivity contribution is 0.290. The maximum Gasteiger partial charge on any atom is 0.240 e. The van der Waals surface area contributed by atoms with Crippen LogP contribution in [-0.2, 0) is 10.0 Å². The molecule has 6 heteroatoms. The van der Waals surface area contributed by atoms with E-state index in [9.17, 15) is 8.42 Å². The third-order valence-electron chi connectivity index (χ3n) is 4.35. The van der Waals surface area contributed by atoms with Crippen LogP contribution >= 0.6 is 15.9 Å². The molecule has 1 aliphatic rings. The minimum absolute atomic E-state index is 0.263. The van der Waals surface area contributed by atoms with Crippen molar-refractivity contribution in [1.29, 1.82) is 0 Å². The van der Waals surface area contributed by atoms with Crippen LogP contribution in [0.15, 0.2) is 21.5 Å². The molecule has 1 fully saturated rings. The van der Waals surface area contributed by atoms with Gasteiger partial charge in [0.1, 0.15) is 0 Å². The normalized spacial score (nSPS) is 23.2. The SMILES string of the molecule is Cc1c(N)cc(Br)cc1S(=O)(=O)NCC1CCC(C)CC1. The number of rotatable bonds is 4. The Morgan fingerprint density at radius 3 is 2.52 bits per heavy atom. The fourth-order valence-electron chi connectivity index (χ4n) is 2.79. The van der Waals surface area contributed by atoms with Crippen LogP contribution in [-0.4, -0.2) is 15.0 Å². The van der Waals surface area contributed by atoms with Crippen molar-refractivity contribution in [2.24, 2.45) is 11.8 Å². The highest BCUT2D eigenvalue weighted by Gasteiger charge is 2.23. The van der Waals surface area contributed by atoms with Crippen molar-refractivity contribution >= 4 is 31.6 Å². The molecule has 0 bridgehead atoms. The zero-order valence-electron chi connectivity index (χ0n) is 12.5. The molecule has 118 valence electrons. The van der Waals surface area contributed by atoms with Gasteiger partial charge < -0.3 is 5.73 Å². The average molecular weight is 375 g/mol. The van der Waals surface area contributed by atoms with Gasteiger partial charge in [-0.2, -0.15) is 0 Å². The third-order valence-corrected chi connectivity index (χ3v) is 6.36. The number of sulfonamides is 1. The molecule has 0 saturated heterocycles. The van der Waals surface area contributed by atoms with E-state index in [1.165, 1.54) is 12.8 Å². The molecule has 0 aliphatic heterocycles. The fraction of sp³-hybridized carbons (Fsp3) is 0.600. The van der Waals surface area contributed by atoms with Gasteiger partial charge in [0.2, 0.25) is 10.0 Å². The second-order valence-electron chi connectivity index (χ2n) is 6.10. The maximum absolute atomic E-state index is 12.5. The summed E-state index contributed by atoms with van der Waals surface area (Å²) in [7, 11) is -3.51. The molecule has 0 unspecified atom stereocenters. The maximum atomic E-state index is 12.5. The van der Waals surface area contributed by atoms with Gasteiger partial charge >= 0.3 is 0 Å². The number of nitrogens with two attached hydrogens (primary N) is 1. The molecule has 0 aromatic heterocycles. The molecule has 0 radical (unpaired) electrons. The largest absolute Gasteiger partial charge is 0.398 e. The molecule has 0 heterocycles. The molecule has 1 aromatic carbocycles. The Labute approximate surface area is 135 Å². The van der Waals surface area contributed by atoms with Crippen molar-refractivity contribution in [3.05, 3.63) is 22.2 Å². The first-order chi connectivity index (χ1) is 9.79. The lowest BCUT2D eigenvalue weighted by Crippen LogP contribution is -2.31. The van der Waals surface area contributed by atoms with E-state index in [1.807, 2.05) is 0 Å². The van der Waals surface area contributed by atoms with E-state index in [2.05, 4.69) is 27.6 Å². The number of halogens is 1. The van der Waals surface area contributed by atoms with Gasteiger partial charge in [-0.15, -0.1) is 0 Å². The zero-order valence-corrected chi connectivity index (χ0v) is 14.9. The van der Waals surface area contributed by atoms with E-state index in [0.717, 1.165) is 18.8 Å². The number of hydrogen-bond acceptors (Lipinski definition) is 3. The van der Waals surface area contributed by atoms with Crippen molar-refractivity contribution in [1.82, 2.24) is 4.72 Å². The van der Waals surface area contributed by atoms with Crippen molar-refractivity contribution in [2.45, 2.75) is 44.4 Å². The van der Waals surface area contributed by atoms with Gasteiger partial charge in [-0.1, -0.05) is 35.7 Å². The second kappa shape index (κ2) is 6.67. The van der Waals surface area contributed by atoms with Crippen LogP contribution in [0.4, 0.5) is 5.69 Å². The van der Waals surface area contributed by atoms with Crippen LogP contribution in [0.2, 0.25) is 0 Å². The summed E-state index contributed by atoms with van der Waals surface area (Å²) in [5.41, 5.74) is 6.93. The highest BCUT2D eigenvalue weighted by molar-refractivity contribution is 9.10. The molecule has 21 heavy (non-hydrogen) atoms. The van der Waals surface area contributed by atoms with Gasteiger partial charge in [-0.25, -0.2) is 13.1 Å². The lowest BCUT2D eigenvalue weighted by Gasteiger charge is -2.26.